The number of carbonyl (C=O) groups excluding carboxylic acids is 2. The van der Waals surface area contributed by atoms with Crippen LogP contribution in [-0.4, -0.2) is 59.8 Å². The molecule has 2 heterocycles. The highest BCUT2D eigenvalue weighted by atomic mass is 35.5. The van der Waals surface area contributed by atoms with E-state index in [1.807, 2.05) is 24.1 Å². The zero-order valence-electron chi connectivity index (χ0n) is 14.6. The minimum atomic E-state index is -0.312. The molecule has 0 saturated carbocycles. The number of nitrogens with one attached hydrogen (secondary N) is 1. The highest BCUT2D eigenvalue weighted by Gasteiger charge is 2.21. The fourth-order valence-corrected chi connectivity index (χ4v) is 2.88. The zero-order valence-corrected chi connectivity index (χ0v) is 15.4. The van der Waals surface area contributed by atoms with Crippen LogP contribution in [0.25, 0.3) is 0 Å². The topological polar surface area (TPSA) is 65.5 Å². The summed E-state index contributed by atoms with van der Waals surface area (Å²) in [4.78, 5) is 33.1. The number of nitrogens with zero attached hydrogens (tertiary/aromatic N) is 3. The average Bonchev–Trinajstić information content (AvgIpc) is 2.67. The summed E-state index contributed by atoms with van der Waals surface area (Å²) in [5.41, 5.74) is 1.66. The quantitative estimate of drug-likeness (QED) is 0.892. The number of aromatic nitrogens is 1. The molecule has 3 rings (SSSR count). The van der Waals surface area contributed by atoms with Gasteiger partial charge in [0.15, 0.2) is 0 Å². The summed E-state index contributed by atoms with van der Waals surface area (Å²) in [5.74, 6) is -0.375. The first-order chi connectivity index (χ1) is 12.5. The van der Waals surface area contributed by atoms with Gasteiger partial charge in [-0.1, -0.05) is 23.7 Å². The molecule has 7 heteroatoms. The van der Waals surface area contributed by atoms with E-state index in [9.17, 15) is 9.59 Å². The molecule has 0 spiro atoms. The van der Waals surface area contributed by atoms with Gasteiger partial charge in [0.25, 0.3) is 11.8 Å². The monoisotopic (exact) mass is 372 g/mol. The molecular formula is C19H21ClN4O2. The first-order valence-corrected chi connectivity index (χ1v) is 8.87. The van der Waals surface area contributed by atoms with Gasteiger partial charge in [-0.3, -0.25) is 14.6 Å². The highest BCUT2D eigenvalue weighted by Crippen LogP contribution is 2.11. The van der Waals surface area contributed by atoms with Gasteiger partial charge in [-0.05, 0) is 36.9 Å². The minimum Gasteiger partial charge on any atom is -0.347 e. The average molecular weight is 373 g/mol. The van der Waals surface area contributed by atoms with Crippen molar-refractivity contribution in [3.8, 4) is 0 Å². The predicted molar refractivity (Wildman–Crippen MR) is 100 cm³/mol. The molecule has 1 aromatic carbocycles. The molecule has 1 N–H and O–H groups in total. The molecule has 1 aliphatic heterocycles. The lowest BCUT2D eigenvalue weighted by Crippen LogP contribution is -2.47. The number of likely N-dealkylation sites (N-methyl/N-ethyl adjacent to an activating group) is 1. The van der Waals surface area contributed by atoms with Gasteiger partial charge < -0.3 is 15.1 Å². The first-order valence-electron chi connectivity index (χ1n) is 8.49. The van der Waals surface area contributed by atoms with Crippen LogP contribution in [0.5, 0.6) is 0 Å². The number of hydrogen-bond donors (Lipinski definition) is 1. The maximum atomic E-state index is 12.6. The second-order valence-corrected chi connectivity index (χ2v) is 6.77. The van der Waals surface area contributed by atoms with E-state index >= 15 is 0 Å². The third kappa shape index (κ3) is 4.59. The molecular weight excluding hydrogens is 352 g/mol. The summed E-state index contributed by atoms with van der Waals surface area (Å²) in [6.07, 6.45) is 1.50. The fraction of sp³-hybridized carbons (Fsp3) is 0.316. The summed E-state index contributed by atoms with van der Waals surface area (Å²) in [6.45, 7) is 3.45. The maximum absolute atomic E-state index is 12.6. The van der Waals surface area contributed by atoms with E-state index < -0.39 is 0 Å². The Morgan fingerprint density at radius 3 is 2.50 bits per heavy atom. The van der Waals surface area contributed by atoms with Gasteiger partial charge in [0.05, 0.1) is 0 Å². The Morgan fingerprint density at radius 2 is 1.81 bits per heavy atom. The molecule has 6 nitrogen and oxygen atoms in total. The third-order valence-corrected chi connectivity index (χ3v) is 4.65. The van der Waals surface area contributed by atoms with Crippen LogP contribution in [0.2, 0.25) is 5.02 Å². The summed E-state index contributed by atoms with van der Waals surface area (Å²) in [7, 11) is 2.04. The van der Waals surface area contributed by atoms with E-state index in [-0.39, 0.29) is 17.5 Å². The third-order valence-electron chi connectivity index (χ3n) is 4.40. The van der Waals surface area contributed by atoms with E-state index in [0.29, 0.717) is 30.2 Å². The molecule has 136 valence electrons. The Labute approximate surface area is 157 Å². The predicted octanol–water partition coefficient (Wildman–Crippen LogP) is 2.05. The Hall–Kier alpha value is -2.44. The van der Waals surface area contributed by atoms with Crippen LogP contribution < -0.4 is 5.32 Å². The zero-order chi connectivity index (χ0) is 18.5. The van der Waals surface area contributed by atoms with Gasteiger partial charge in [0, 0.05) is 49.5 Å². The summed E-state index contributed by atoms with van der Waals surface area (Å²) in [6, 6.07) is 10.5. The standard InChI is InChI=1S/C19H21ClN4O2/c1-23-8-10-24(11-9-23)19(26)15-6-7-21-17(12-15)18(25)22-13-14-2-4-16(20)5-3-14/h2-7,12H,8-11,13H2,1H3,(H,22,25). The molecule has 0 bridgehead atoms. The van der Waals surface area contributed by atoms with Crippen LogP contribution >= 0.6 is 11.6 Å². The second kappa shape index (κ2) is 8.29. The van der Waals surface area contributed by atoms with Crippen LogP contribution in [0, 0.1) is 0 Å². The summed E-state index contributed by atoms with van der Waals surface area (Å²) < 4.78 is 0. The molecule has 2 amide bonds. The lowest BCUT2D eigenvalue weighted by atomic mass is 10.1. The Balaban J connectivity index is 1.63. The fourth-order valence-electron chi connectivity index (χ4n) is 2.76. The lowest BCUT2D eigenvalue weighted by molar-refractivity contribution is 0.0664. The Morgan fingerprint density at radius 1 is 1.12 bits per heavy atom. The number of benzene rings is 1. The van der Waals surface area contributed by atoms with Gasteiger partial charge in [-0.25, -0.2) is 0 Å². The SMILES string of the molecule is CN1CCN(C(=O)c2ccnc(C(=O)NCc3ccc(Cl)cc3)c2)CC1. The van der Waals surface area contributed by atoms with Crippen molar-refractivity contribution in [2.24, 2.45) is 0 Å². The van der Waals surface area contributed by atoms with E-state index in [1.165, 1.54) is 6.20 Å². The van der Waals surface area contributed by atoms with Crippen molar-refractivity contribution in [2.75, 3.05) is 33.2 Å². The number of pyridine rings is 1. The molecule has 0 aliphatic carbocycles. The van der Waals surface area contributed by atoms with Crippen molar-refractivity contribution in [1.29, 1.82) is 0 Å². The highest BCUT2D eigenvalue weighted by molar-refractivity contribution is 6.30. The number of hydrogen-bond acceptors (Lipinski definition) is 4. The summed E-state index contributed by atoms with van der Waals surface area (Å²) >= 11 is 5.85. The van der Waals surface area contributed by atoms with Crippen LogP contribution in [-0.2, 0) is 6.54 Å². The van der Waals surface area contributed by atoms with Crippen molar-refractivity contribution >= 4 is 23.4 Å². The largest absolute Gasteiger partial charge is 0.347 e. The number of carbonyl (C=O) groups is 2. The Kier molecular flexibility index (Phi) is 5.85. The van der Waals surface area contributed by atoms with E-state index in [0.717, 1.165) is 18.7 Å². The number of halogens is 1. The minimum absolute atomic E-state index is 0.0627. The summed E-state index contributed by atoms with van der Waals surface area (Å²) in [5, 5.41) is 3.46. The van der Waals surface area contributed by atoms with Crippen molar-refractivity contribution in [3.63, 3.8) is 0 Å². The van der Waals surface area contributed by atoms with Crippen LogP contribution in [0.4, 0.5) is 0 Å². The van der Waals surface area contributed by atoms with Crippen molar-refractivity contribution in [2.45, 2.75) is 6.54 Å². The molecule has 1 saturated heterocycles. The van der Waals surface area contributed by atoms with Gasteiger partial charge in [-0.15, -0.1) is 0 Å². The molecule has 2 aromatic rings. The second-order valence-electron chi connectivity index (χ2n) is 6.33. The van der Waals surface area contributed by atoms with E-state index in [1.54, 1.807) is 24.3 Å². The molecule has 0 radical (unpaired) electrons. The Bertz CT molecular complexity index is 786. The molecule has 1 aromatic heterocycles. The van der Waals surface area contributed by atoms with E-state index in [2.05, 4.69) is 15.2 Å². The van der Waals surface area contributed by atoms with E-state index in [4.69, 9.17) is 11.6 Å². The van der Waals surface area contributed by atoms with Crippen molar-refractivity contribution < 1.29 is 9.59 Å². The van der Waals surface area contributed by atoms with Gasteiger partial charge >= 0.3 is 0 Å². The first kappa shape index (κ1) is 18.4. The molecule has 0 unspecified atom stereocenters. The van der Waals surface area contributed by atoms with Crippen LogP contribution in [0.1, 0.15) is 26.4 Å². The van der Waals surface area contributed by atoms with Crippen molar-refractivity contribution in [1.82, 2.24) is 20.1 Å². The van der Waals surface area contributed by atoms with Gasteiger partial charge in [0.2, 0.25) is 0 Å². The van der Waals surface area contributed by atoms with Crippen LogP contribution in [0.15, 0.2) is 42.6 Å². The normalized spacial score (nSPS) is 14.9. The van der Waals surface area contributed by atoms with Gasteiger partial charge in [-0.2, -0.15) is 0 Å². The molecule has 1 fully saturated rings. The molecule has 26 heavy (non-hydrogen) atoms. The lowest BCUT2D eigenvalue weighted by Gasteiger charge is -2.32. The maximum Gasteiger partial charge on any atom is 0.270 e. The number of rotatable bonds is 4. The molecule has 1 aliphatic rings. The van der Waals surface area contributed by atoms with Crippen molar-refractivity contribution in [3.05, 3.63) is 64.4 Å². The van der Waals surface area contributed by atoms with Crippen LogP contribution in [0.3, 0.4) is 0 Å². The number of piperazine rings is 1. The molecule has 0 atom stereocenters. The number of amides is 2. The van der Waals surface area contributed by atoms with Gasteiger partial charge in [0.1, 0.15) is 5.69 Å². The smallest absolute Gasteiger partial charge is 0.270 e.